The second-order valence-electron chi connectivity index (χ2n) is 8.16. The van der Waals surface area contributed by atoms with Crippen LogP contribution in [0.1, 0.15) is 40.2 Å². The highest BCUT2D eigenvalue weighted by atomic mass is 19.1. The quantitative estimate of drug-likeness (QED) is 0.336. The zero-order valence-corrected chi connectivity index (χ0v) is 21.0. The van der Waals surface area contributed by atoms with Gasteiger partial charge in [-0.1, -0.05) is 6.07 Å². The van der Waals surface area contributed by atoms with E-state index in [0.717, 1.165) is 20.8 Å². The molecule has 0 radical (unpaired) electrons. The molecule has 36 heavy (non-hydrogen) atoms. The predicted octanol–water partition coefficient (Wildman–Crippen LogP) is 2.06. The van der Waals surface area contributed by atoms with Crippen molar-refractivity contribution in [3.8, 4) is 11.5 Å². The molecule has 12 heteroatoms. The van der Waals surface area contributed by atoms with Gasteiger partial charge in [0.2, 0.25) is 12.4 Å². The summed E-state index contributed by atoms with van der Waals surface area (Å²) in [5, 5.41) is 0. The minimum Gasteiger partial charge on any atom is -0.493 e. The number of benzene rings is 1. The highest BCUT2D eigenvalue weighted by Crippen LogP contribution is 2.35. The first-order chi connectivity index (χ1) is 16.9. The summed E-state index contributed by atoms with van der Waals surface area (Å²) in [5.74, 6) is -2.51. The summed E-state index contributed by atoms with van der Waals surface area (Å²) in [7, 11) is 1.39. The van der Waals surface area contributed by atoms with Crippen molar-refractivity contribution < 1.29 is 56.7 Å². The zero-order valence-electron chi connectivity index (χ0n) is 21.0. The molecular formula is C24H31FO11. The molecule has 0 aromatic heterocycles. The van der Waals surface area contributed by atoms with Crippen molar-refractivity contribution in [3.05, 3.63) is 23.8 Å². The Labute approximate surface area is 208 Å². The van der Waals surface area contributed by atoms with Gasteiger partial charge in [-0.05, 0) is 24.6 Å². The van der Waals surface area contributed by atoms with Gasteiger partial charge in [0.05, 0.1) is 7.11 Å². The predicted molar refractivity (Wildman–Crippen MR) is 120 cm³/mol. The van der Waals surface area contributed by atoms with Gasteiger partial charge in [0.1, 0.15) is 18.9 Å². The maximum Gasteiger partial charge on any atom is 0.303 e. The van der Waals surface area contributed by atoms with Gasteiger partial charge >= 0.3 is 23.9 Å². The third-order valence-corrected chi connectivity index (χ3v) is 4.94. The maximum atomic E-state index is 13.5. The summed E-state index contributed by atoms with van der Waals surface area (Å²) in [6.07, 6.45) is -7.56. The number of halogens is 1. The summed E-state index contributed by atoms with van der Waals surface area (Å²) >= 11 is 0. The Morgan fingerprint density at radius 2 is 1.47 bits per heavy atom. The van der Waals surface area contributed by atoms with Crippen molar-refractivity contribution in [1.82, 2.24) is 0 Å². The van der Waals surface area contributed by atoms with Gasteiger partial charge in [0, 0.05) is 34.1 Å². The van der Waals surface area contributed by atoms with Crippen molar-refractivity contribution in [3.63, 3.8) is 0 Å². The highest BCUT2D eigenvalue weighted by Gasteiger charge is 2.53. The summed E-state index contributed by atoms with van der Waals surface area (Å²) < 4.78 is 51.8. The molecule has 2 rings (SSSR count). The van der Waals surface area contributed by atoms with Gasteiger partial charge in [-0.15, -0.1) is 0 Å². The minimum absolute atomic E-state index is 0.147. The number of carbonyl (C=O) groups is 4. The number of alkyl halides is 1. The van der Waals surface area contributed by atoms with E-state index in [2.05, 4.69) is 0 Å². The Kier molecular flexibility index (Phi) is 10.5. The van der Waals surface area contributed by atoms with E-state index in [1.54, 1.807) is 12.1 Å². The summed E-state index contributed by atoms with van der Waals surface area (Å²) in [6.45, 7) is 5.59. The van der Waals surface area contributed by atoms with Crippen LogP contribution in [0.3, 0.4) is 0 Å². The molecular weight excluding hydrogens is 483 g/mol. The van der Waals surface area contributed by atoms with Crippen molar-refractivity contribution >= 4 is 23.9 Å². The lowest BCUT2D eigenvalue weighted by Gasteiger charge is -2.44. The van der Waals surface area contributed by atoms with Gasteiger partial charge in [0.15, 0.2) is 23.7 Å². The maximum absolute atomic E-state index is 13.5. The van der Waals surface area contributed by atoms with E-state index in [1.807, 2.05) is 0 Å². The molecule has 0 amide bonds. The Hall–Kier alpha value is -3.41. The van der Waals surface area contributed by atoms with Gasteiger partial charge in [-0.25, -0.2) is 4.39 Å². The smallest absolute Gasteiger partial charge is 0.303 e. The standard InChI is InChI=1S/C24H31FO11/c1-12(25)9-17-7-8-18(19(10-17)30-6)35-24-23(34-16(5)29)22(33-15(4)28)21(32-14(3)27)20(36-24)11-31-13(2)26/h7-8,10,12,20-24H,9,11H2,1-6H3/t12?,20-,21+,22+,23-,24-/m1/s1. The van der Waals surface area contributed by atoms with E-state index >= 15 is 0 Å². The third kappa shape index (κ3) is 8.36. The first-order valence-electron chi connectivity index (χ1n) is 11.2. The van der Waals surface area contributed by atoms with Crippen LogP contribution in [0.4, 0.5) is 4.39 Å². The molecule has 0 bridgehead atoms. The van der Waals surface area contributed by atoms with Crippen molar-refractivity contribution in [2.24, 2.45) is 0 Å². The molecule has 200 valence electrons. The number of esters is 4. The molecule has 1 aliphatic heterocycles. The van der Waals surface area contributed by atoms with Crippen LogP contribution in [-0.4, -0.2) is 74.5 Å². The zero-order chi connectivity index (χ0) is 27.0. The molecule has 11 nitrogen and oxygen atoms in total. The number of hydrogen-bond acceptors (Lipinski definition) is 11. The first kappa shape index (κ1) is 28.8. The number of rotatable bonds is 10. The molecule has 1 unspecified atom stereocenters. The topological polar surface area (TPSA) is 133 Å². The second kappa shape index (κ2) is 13.1. The van der Waals surface area contributed by atoms with Crippen LogP contribution in [-0.2, 0) is 49.3 Å². The second-order valence-corrected chi connectivity index (χ2v) is 8.16. The molecule has 0 saturated carbocycles. The Balaban J connectivity index is 2.49. The summed E-state index contributed by atoms with van der Waals surface area (Å²) in [5.41, 5.74) is 0.649. The average molecular weight is 514 g/mol. The van der Waals surface area contributed by atoms with Crippen LogP contribution in [0.5, 0.6) is 11.5 Å². The molecule has 1 saturated heterocycles. The molecule has 0 spiro atoms. The lowest BCUT2D eigenvalue weighted by Crippen LogP contribution is -2.63. The summed E-state index contributed by atoms with van der Waals surface area (Å²) in [6, 6.07) is 4.72. The molecule has 1 heterocycles. The normalized spacial score (nSPS) is 24.1. The van der Waals surface area contributed by atoms with Gasteiger partial charge in [0.25, 0.3) is 0 Å². The number of carbonyl (C=O) groups excluding carboxylic acids is 4. The van der Waals surface area contributed by atoms with Crippen molar-refractivity contribution in [2.75, 3.05) is 13.7 Å². The van der Waals surface area contributed by atoms with Crippen LogP contribution in [0.15, 0.2) is 18.2 Å². The van der Waals surface area contributed by atoms with E-state index in [0.29, 0.717) is 5.56 Å². The highest BCUT2D eigenvalue weighted by molar-refractivity contribution is 5.68. The van der Waals surface area contributed by atoms with E-state index in [1.165, 1.54) is 27.0 Å². The molecule has 0 aliphatic carbocycles. The number of ether oxygens (including phenoxy) is 7. The van der Waals surface area contributed by atoms with Crippen LogP contribution in [0.2, 0.25) is 0 Å². The van der Waals surface area contributed by atoms with Crippen LogP contribution >= 0.6 is 0 Å². The molecule has 1 fully saturated rings. The molecule has 1 aromatic carbocycles. The Bertz CT molecular complexity index is 948. The van der Waals surface area contributed by atoms with Crippen LogP contribution in [0.25, 0.3) is 0 Å². The van der Waals surface area contributed by atoms with E-state index in [9.17, 15) is 23.6 Å². The van der Waals surface area contributed by atoms with E-state index < -0.39 is 60.8 Å². The van der Waals surface area contributed by atoms with Crippen LogP contribution < -0.4 is 9.47 Å². The lowest BCUT2D eigenvalue weighted by atomic mass is 9.98. The van der Waals surface area contributed by atoms with Crippen LogP contribution in [0, 0.1) is 0 Å². The Morgan fingerprint density at radius 3 is 2.00 bits per heavy atom. The van der Waals surface area contributed by atoms with Gasteiger partial charge in [-0.3, -0.25) is 19.2 Å². The average Bonchev–Trinajstić information content (AvgIpc) is 2.76. The number of hydrogen-bond donors (Lipinski definition) is 0. The van der Waals surface area contributed by atoms with Crippen molar-refractivity contribution in [2.45, 2.75) is 77.9 Å². The van der Waals surface area contributed by atoms with Gasteiger partial charge in [-0.2, -0.15) is 0 Å². The largest absolute Gasteiger partial charge is 0.493 e. The fraction of sp³-hybridized carbons (Fsp3) is 0.583. The molecule has 0 N–H and O–H groups in total. The Morgan fingerprint density at radius 1 is 0.889 bits per heavy atom. The molecule has 1 aliphatic rings. The van der Waals surface area contributed by atoms with E-state index in [-0.39, 0.29) is 24.5 Å². The lowest BCUT2D eigenvalue weighted by molar-refractivity contribution is -0.288. The van der Waals surface area contributed by atoms with E-state index in [4.69, 9.17) is 33.2 Å². The SMILES string of the molecule is COc1cc(CC(C)F)ccc1O[C@@H]1O[C@H](COC(C)=O)[C@H](OC(C)=O)[C@H](OC(C)=O)[C@H]1OC(C)=O. The van der Waals surface area contributed by atoms with Crippen molar-refractivity contribution in [1.29, 1.82) is 0 Å². The fourth-order valence-corrected chi connectivity index (χ4v) is 3.67. The molecule has 6 atom stereocenters. The third-order valence-electron chi connectivity index (χ3n) is 4.94. The number of methoxy groups -OCH3 is 1. The summed E-state index contributed by atoms with van der Waals surface area (Å²) in [4.78, 5) is 47.1. The fourth-order valence-electron chi connectivity index (χ4n) is 3.67. The monoisotopic (exact) mass is 514 g/mol. The van der Waals surface area contributed by atoms with Gasteiger partial charge < -0.3 is 33.2 Å². The molecule has 1 aromatic rings. The first-order valence-corrected chi connectivity index (χ1v) is 11.2. The minimum atomic E-state index is -1.41.